The van der Waals surface area contributed by atoms with Crippen LogP contribution in [-0.2, 0) is 0 Å². The van der Waals surface area contributed by atoms with Crippen molar-refractivity contribution in [1.29, 1.82) is 0 Å². The summed E-state index contributed by atoms with van der Waals surface area (Å²) in [7, 11) is 0. The van der Waals surface area contributed by atoms with Gasteiger partial charge in [0.25, 0.3) is 0 Å². The highest BCUT2D eigenvalue weighted by atomic mass is 16.3. The highest BCUT2D eigenvalue weighted by Crippen LogP contribution is 2.30. The zero-order chi connectivity index (χ0) is 18.7. The van der Waals surface area contributed by atoms with Crippen LogP contribution in [0.25, 0.3) is 0 Å². The third kappa shape index (κ3) is 7.53. The van der Waals surface area contributed by atoms with Gasteiger partial charge < -0.3 is 15.7 Å². The Hall–Kier alpha value is -0.810. The van der Waals surface area contributed by atoms with Crippen molar-refractivity contribution >= 4 is 5.96 Å². The van der Waals surface area contributed by atoms with E-state index in [1.54, 1.807) is 0 Å². The molecule has 5 nitrogen and oxygen atoms in total. The SMILES string of the molecule is CCNC(=NCC(CC)(CC)CCO)NCC(C)N1CCC(C)CC1. The Morgan fingerprint density at radius 1 is 1.20 bits per heavy atom. The summed E-state index contributed by atoms with van der Waals surface area (Å²) in [6, 6.07) is 0.524. The van der Waals surface area contributed by atoms with Gasteiger partial charge in [-0.2, -0.15) is 0 Å². The monoisotopic (exact) mass is 354 g/mol. The van der Waals surface area contributed by atoms with E-state index >= 15 is 0 Å². The predicted molar refractivity (Wildman–Crippen MR) is 108 cm³/mol. The van der Waals surface area contributed by atoms with Gasteiger partial charge in [0.2, 0.25) is 0 Å². The van der Waals surface area contributed by atoms with E-state index in [0.717, 1.165) is 50.8 Å². The van der Waals surface area contributed by atoms with E-state index in [-0.39, 0.29) is 12.0 Å². The highest BCUT2D eigenvalue weighted by Gasteiger charge is 2.25. The first-order chi connectivity index (χ1) is 12.0. The second kappa shape index (κ2) is 11.7. The highest BCUT2D eigenvalue weighted by molar-refractivity contribution is 5.79. The molecule has 1 aliphatic heterocycles. The Balaban J connectivity index is 2.57. The molecule has 1 heterocycles. The van der Waals surface area contributed by atoms with Crippen LogP contribution in [-0.4, -0.2) is 61.3 Å². The normalized spacial score (nSPS) is 19.0. The minimum atomic E-state index is 0.117. The molecule has 148 valence electrons. The number of hydrogen-bond donors (Lipinski definition) is 3. The molecule has 1 unspecified atom stereocenters. The van der Waals surface area contributed by atoms with Gasteiger partial charge in [-0.1, -0.05) is 20.8 Å². The summed E-state index contributed by atoms with van der Waals surface area (Å²) in [6.07, 6.45) is 5.56. The summed E-state index contributed by atoms with van der Waals surface area (Å²) >= 11 is 0. The predicted octanol–water partition coefficient (Wildman–Crippen LogP) is 2.85. The lowest BCUT2D eigenvalue weighted by Gasteiger charge is -2.35. The number of piperidine rings is 1. The van der Waals surface area contributed by atoms with Crippen LogP contribution in [0.5, 0.6) is 0 Å². The van der Waals surface area contributed by atoms with Gasteiger partial charge in [0.05, 0.1) is 0 Å². The number of aliphatic hydroxyl groups is 1. The van der Waals surface area contributed by atoms with Crippen molar-refractivity contribution in [2.24, 2.45) is 16.3 Å². The maximum Gasteiger partial charge on any atom is 0.191 e. The van der Waals surface area contributed by atoms with E-state index in [4.69, 9.17) is 4.99 Å². The third-order valence-electron chi connectivity index (χ3n) is 6.07. The van der Waals surface area contributed by atoms with Crippen molar-refractivity contribution in [3.63, 3.8) is 0 Å². The standard InChI is InChI=1S/C20H42N4O/c1-6-20(7-2,11-14-25)16-23-19(21-8-3)22-15-18(5)24-12-9-17(4)10-13-24/h17-18,25H,6-16H2,1-5H3,(H2,21,22,23). The fourth-order valence-corrected chi connectivity index (χ4v) is 3.57. The lowest BCUT2D eigenvalue weighted by Crippen LogP contribution is -2.48. The van der Waals surface area contributed by atoms with E-state index in [9.17, 15) is 5.11 Å². The molecule has 1 aliphatic rings. The summed E-state index contributed by atoms with van der Waals surface area (Å²) in [5.41, 5.74) is 0.117. The molecule has 3 N–H and O–H groups in total. The molecule has 0 radical (unpaired) electrons. The number of likely N-dealkylation sites (tertiary alicyclic amines) is 1. The minimum absolute atomic E-state index is 0.117. The van der Waals surface area contributed by atoms with Crippen LogP contribution in [0.3, 0.4) is 0 Å². The molecule has 0 saturated carbocycles. The van der Waals surface area contributed by atoms with Gasteiger partial charge in [-0.05, 0) is 70.4 Å². The second-order valence-corrected chi connectivity index (χ2v) is 7.82. The molecule has 0 aromatic carbocycles. The lowest BCUT2D eigenvalue weighted by molar-refractivity contribution is 0.147. The Labute approximate surface area is 155 Å². The molecule has 0 amide bonds. The average molecular weight is 355 g/mol. The van der Waals surface area contributed by atoms with E-state index in [0.29, 0.717) is 6.04 Å². The van der Waals surface area contributed by atoms with E-state index in [1.807, 2.05) is 0 Å². The molecular weight excluding hydrogens is 312 g/mol. The molecule has 0 spiro atoms. The molecule has 1 atom stereocenters. The summed E-state index contributed by atoms with van der Waals surface area (Å²) in [6.45, 7) is 16.4. The number of hydrogen-bond acceptors (Lipinski definition) is 3. The zero-order valence-corrected chi connectivity index (χ0v) is 17.3. The van der Waals surface area contributed by atoms with Gasteiger partial charge in [-0.3, -0.25) is 9.89 Å². The molecule has 1 saturated heterocycles. The van der Waals surface area contributed by atoms with Gasteiger partial charge in [0.15, 0.2) is 5.96 Å². The molecule has 0 aromatic rings. The fraction of sp³-hybridized carbons (Fsp3) is 0.950. The molecule has 25 heavy (non-hydrogen) atoms. The van der Waals surface area contributed by atoms with Crippen LogP contribution in [0.4, 0.5) is 0 Å². The van der Waals surface area contributed by atoms with Gasteiger partial charge in [-0.15, -0.1) is 0 Å². The Bertz CT molecular complexity index is 374. The molecular formula is C20H42N4O. The second-order valence-electron chi connectivity index (χ2n) is 7.82. The van der Waals surface area contributed by atoms with Crippen LogP contribution in [0, 0.1) is 11.3 Å². The van der Waals surface area contributed by atoms with Crippen LogP contribution < -0.4 is 10.6 Å². The molecule has 1 rings (SSSR count). The first kappa shape index (κ1) is 22.2. The average Bonchev–Trinajstić information content (AvgIpc) is 2.63. The first-order valence-corrected chi connectivity index (χ1v) is 10.4. The van der Waals surface area contributed by atoms with Gasteiger partial charge in [0, 0.05) is 32.3 Å². The summed E-state index contributed by atoms with van der Waals surface area (Å²) in [5.74, 6) is 1.78. The summed E-state index contributed by atoms with van der Waals surface area (Å²) < 4.78 is 0. The third-order valence-corrected chi connectivity index (χ3v) is 6.07. The number of rotatable bonds is 10. The van der Waals surface area contributed by atoms with E-state index in [2.05, 4.69) is 50.2 Å². The van der Waals surface area contributed by atoms with Crippen LogP contribution >= 0.6 is 0 Å². The fourth-order valence-electron chi connectivity index (χ4n) is 3.57. The van der Waals surface area contributed by atoms with Crippen molar-refractivity contribution < 1.29 is 5.11 Å². The van der Waals surface area contributed by atoms with Gasteiger partial charge in [0.1, 0.15) is 0 Å². The minimum Gasteiger partial charge on any atom is -0.396 e. The number of aliphatic imine (C=N–C) groups is 1. The van der Waals surface area contributed by atoms with Crippen molar-refractivity contribution in [2.75, 3.05) is 39.3 Å². The largest absolute Gasteiger partial charge is 0.396 e. The van der Waals surface area contributed by atoms with Crippen molar-refractivity contribution in [3.8, 4) is 0 Å². The smallest absolute Gasteiger partial charge is 0.191 e. The molecule has 0 bridgehead atoms. The number of nitrogens with zero attached hydrogens (tertiary/aromatic N) is 2. The maximum absolute atomic E-state index is 9.39. The van der Waals surface area contributed by atoms with Gasteiger partial charge >= 0.3 is 0 Å². The van der Waals surface area contributed by atoms with Crippen molar-refractivity contribution in [1.82, 2.24) is 15.5 Å². The molecule has 1 fully saturated rings. The van der Waals surface area contributed by atoms with Crippen molar-refractivity contribution in [2.45, 2.75) is 72.8 Å². The summed E-state index contributed by atoms with van der Waals surface area (Å²) in [4.78, 5) is 7.43. The maximum atomic E-state index is 9.39. The number of nitrogens with one attached hydrogen (secondary N) is 2. The van der Waals surface area contributed by atoms with E-state index in [1.165, 1.54) is 25.9 Å². The van der Waals surface area contributed by atoms with Crippen LogP contribution in [0.2, 0.25) is 0 Å². The molecule has 0 aromatic heterocycles. The summed E-state index contributed by atoms with van der Waals surface area (Å²) in [5, 5.41) is 16.3. The van der Waals surface area contributed by atoms with Crippen LogP contribution in [0.1, 0.15) is 66.7 Å². The first-order valence-electron chi connectivity index (χ1n) is 10.4. The number of guanidine groups is 1. The Morgan fingerprint density at radius 3 is 2.36 bits per heavy atom. The van der Waals surface area contributed by atoms with Crippen LogP contribution in [0.15, 0.2) is 4.99 Å². The number of aliphatic hydroxyl groups excluding tert-OH is 1. The van der Waals surface area contributed by atoms with Gasteiger partial charge in [-0.25, -0.2) is 0 Å². The van der Waals surface area contributed by atoms with E-state index < -0.39 is 0 Å². The quantitative estimate of drug-likeness (QED) is 0.417. The van der Waals surface area contributed by atoms with Crippen molar-refractivity contribution in [3.05, 3.63) is 0 Å². The Kier molecular flexibility index (Phi) is 10.4. The lowest BCUT2D eigenvalue weighted by atomic mass is 9.79. The Morgan fingerprint density at radius 2 is 1.84 bits per heavy atom. The molecule has 0 aliphatic carbocycles. The topological polar surface area (TPSA) is 59.9 Å². The molecule has 5 heteroatoms. The zero-order valence-electron chi connectivity index (χ0n) is 17.3.